The molecular formula is C15H16ClNO4. The Labute approximate surface area is 127 Å². The molecule has 1 aliphatic heterocycles. The second-order valence-corrected chi connectivity index (χ2v) is 5.17. The number of amides is 1. The van der Waals surface area contributed by atoms with Gasteiger partial charge in [0.25, 0.3) is 0 Å². The van der Waals surface area contributed by atoms with Crippen LogP contribution >= 0.6 is 11.6 Å². The molecule has 0 saturated carbocycles. The van der Waals surface area contributed by atoms with E-state index >= 15 is 0 Å². The van der Waals surface area contributed by atoms with Crippen molar-refractivity contribution in [2.75, 3.05) is 19.8 Å². The summed E-state index contributed by atoms with van der Waals surface area (Å²) in [5.41, 5.74) is 1.45. The Morgan fingerprint density at radius 3 is 2.81 bits per heavy atom. The Kier molecular flexibility index (Phi) is 4.98. The molecule has 0 radical (unpaired) electrons. The predicted octanol–water partition coefficient (Wildman–Crippen LogP) is 2.06. The Bertz CT molecular complexity index is 585. The number of benzene rings is 1. The third-order valence-electron chi connectivity index (χ3n) is 3.34. The number of ether oxygens (including phenoxy) is 1. The average molecular weight is 310 g/mol. The molecule has 112 valence electrons. The topological polar surface area (TPSA) is 66.8 Å². The van der Waals surface area contributed by atoms with E-state index < -0.39 is 12.0 Å². The zero-order chi connectivity index (χ0) is 15.4. The number of morpholine rings is 1. The van der Waals surface area contributed by atoms with E-state index in [2.05, 4.69) is 0 Å². The molecule has 1 N–H and O–H groups in total. The quantitative estimate of drug-likeness (QED) is 0.868. The number of carbonyl (C=O) groups excluding carboxylic acids is 1. The van der Waals surface area contributed by atoms with Gasteiger partial charge in [-0.3, -0.25) is 4.79 Å². The van der Waals surface area contributed by atoms with Gasteiger partial charge in [0, 0.05) is 17.6 Å². The van der Waals surface area contributed by atoms with Gasteiger partial charge in [-0.1, -0.05) is 29.8 Å². The molecule has 1 aliphatic rings. The van der Waals surface area contributed by atoms with Crippen LogP contribution in [0.1, 0.15) is 12.5 Å². The number of aliphatic carboxylic acids is 1. The van der Waals surface area contributed by atoms with Crippen LogP contribution in [0.4, 0.5) is 0 Å². The first kappa shape index (κ1) is 15.5. The van der Waals surface area contributed by atoms with Gasteiger partial charge in [-0.15, -0.1) is 0 Å². The van der Waals surface area contributed by atoms with Gasteiger partial charge in [0.2, 0.25) is 5.91 Å². The zero-order valence-corrected chi connectivity index (χ0v) is 12.3. The number of hydrogen-bond donors (Lipinski definition) is 1. The van der Waals surface area contributed by atoms with Gasteiger partial charge in [-0.05, 0) is 24.1 Å². The normalized spacial score (nSPS) is 19.4. The molecule has 2 rings (SSSR count). The predicted molar refractivity (Wildman–Crippen MR) is 79.1 cm³/mol. The minimum absolute atomic E-state index is 0.0139. The van der Waals surface area contributed by atoms with Crippen molar-refractivity contribution in [3.8, 4) is 0 Å². The molecule has 0 bridgehead atoms. The van der Waals surface area contributed by atoms with E-state index in [4.69, 9.17) is 21.4 Å². The molecule has 0 aromatic heterocycles. The number of carboxylic acid groups (broad SMARTS) is 1. The summed E-state index contributed by atoms with van der Waals surface area (Å²) >= 11 is 6.09. The maximum atomic E-state index is 12.3. The van der Waals surface area contributed by atoms with E-state index in [-0.39, 0.29) is 19.1 Å². The van der Waals surface area contributed by atoms with Crippen LogP contribution in [-0.4, -0.2) is 47.7 Å². The summed E-state index contributed by atoms with van der Waals surface area (Å²) in [6, 6.07) is 6.26. The summed E-state index contributed by atoms with van der Waals surface area (Å²) in [6.45, 7) is 2.39. The minimum Gasteiger partial charge on any atom is -0.480 e. The molecule has 21 heavy (non-hydrogen) atoms. The molecule has 1 aromatic rings. The van der Waals surface area contributed by atoms with E-state index in [1.165, 1.54) is 11.0 Å². The SMILES string of the molecule is C/C(=C\C(=O)N1CCOCC1C(=O)O)c1ccccc1Cl. The van der Waals surface area contributed by atoms with Crippen LogP contribution in [0, 0.1) is 0 Å². The van der Waals surface area contributed by atoms with Crippen molar-refractivity contribution in [1.82, 2.24) is 4.90 Å². The van der Waals surface area contributed by atoms with Gasteiger partial charge in [0.15, 0.2) is 6.04 Å². The second kappa shape index (κ2) is 6.74. The molecule has 5 nitrogen and oxygen atoms in total. The summed E-state index contributed by atoms with van der Waals surface area (Å²) in [5, 5.41) is 9.69. The summed E-state index contributed by atoms with van der Waals surface area (Å²) in [5.74, 6) is -1.41. The Morgan fingerprint density at radius 1 is 1.43 bits per heavy atom. The minimum atomic E-state index is -1.06. The lowest BCUT2D eigenvalue weighted by molar-refractivity contribution is -0.156. The number of carboxylic acids is 1. The highest BCUT2D eigenvalue weighted by atomic mass is 35.5. The molecule has 1 saturated heterocycles. The Hall–Kier alpha value is -1.85. The fourth-order valence-electron chi connectivity index (χ4n) is 2.20. The summed E-state index contributed by atoms with van der Waals surface area (Å²) in [4.78, 5) is 24.8. The van der Waals surface area contributed by atoms with Crippen LogP contribution in [-0.2, 0) is 14.3 Å². The van der Waals surface area contributed by atoms with Gasteiger partial charge in [0.1, 0.15) is 0 Å². The highest BCUT2D eigenvalue weighted by molar-refractivity contribution is 6.32. The first-order chi connectivity index (χ1) is 10.0. The van der Waals surface area contributed by atoms with Crippen LogP contribution in [0.25, 0.3) is 5.57 Å². The molecular weight excluding hydrogens is 294 g/mol. The lowest BCUT2D eigenvalue weighted by Gasteiger charge is -2.32. The van der Waals surface area contributed by atoms with E-state index in [9.17, 15) is 9.59 Å². The fraction of sp³-hybridized carbons (Fsp3) is 0.333. The Balaban J connectivity index is 2.21. The molecule has 1 heterocycles. The van der Waals surface area contributed by atoms with Crippen LogP contribution < -0.4 is 0 Å². The van der Waals surface area contributed by atoms with E-state index in [1.54, 1.807) is 13.0 Å². The smallest absolute Gasteiger partial charge is 0.328 e. The first-order valence-corrected chi connectivity index (χ1v) is 6.93. The van der Waals surface area contributed by atoms with Crippen molar-refractivity contribution < 1.29 is 19.4 Å². The van der Waals surface area contributed by atoms with Crippen LogP contribution in [0.15, 0.2) is 30.3 Å². The van der Waals surface area contributed by atoms with E-state index in [0.29, 0.717) is 17.2 Å². The standard InChI is InChI=1S/C15H16ClNO4/c1-10(11-4-2-3-5-12(11)16)8-14(18)17-6-7-21-9-13(17)15(19)20/h2-5,8,13H,6-7,9H2,1H3,(H,19,20)/b10-8+. The number of nitrogens with zero attached hydrogens (tertiary/aromatic N) is 1. The van der Waals surface area contributed by atoms with Crippen LogP contribution in [0.3, 0.4) is 0 Å². The monoisotopic (exact) mass is 309 g/mol. The molecule has 1 atom stereocenters. The number of carbonyl (C=O) groups is 2. The van der Waals surface area contributed by atoms with Gasteiger partial charge in [0.05, 0.1) is 13.2 Å². The van der Waals surface area contributed by atoms with Crippen molar-refractivity contribution in [2.24, 2.45) is 0 Å². The number of allylic oxidation sites excluding steroid dienone is 1. The maximum Gasteiger partial charge on any atom is 0.328 e. The highest BCUT2D eigenvalue weighted by Gasteiger charge is 2.31. The van der Waals surface area contributed by atoms with Crippen molar-refractivity contribution in [3.63, 3.8) is 0 Å². The average Bonchev–Trinajstić information content (AvgIpc) is 2.47. The number of hydrogen-bond acceptors (Lipinski definition) is 3. The number of halogens is 1. The third-order valence-corrected chi connectivity index (χ3v) is 3.66. The molecule has 6 heteroatoms. The lowest BCUT2D eigenvalue weighted by atomic mass is 10.1. The van der Waals surface area contributed by atoms with Crippen molar-refractivity contribution >= 4 is 29.1 Å². The largest absolute Gasteiger partial charge is 0.480 e. The van der Waals surface area contributed by atoms with Crippen molar-refractivity contribution in [2.45, 2.75) is 13.0 Å². The molecule has 1 amide bonds. The van der Waals surface area contributed by atoms with Gasteiger partial charge in [-0.2, -0.15) is 0 Å². The highest BCUT2D eigenvalue weighted by Crippen LogP contribution is 2.23. The maximum absolute atomic E-state index is 12.3. The Morgan fingerprint density at radius 2 is 2.14 bits per heavy atom. The summed E-state index contributed by atoms with van der Waals surface area (Å²) in [6.07, 6.45) is 1.42. The van der Waals surface area contributed by atoms with E-state index in [0.717, 1.165) is 5.56 Å². The fourth-order valence-corrected chi connectivity index (χ4v) is 2.48. The van der Waals surface area contributed by atoms with Crippen molar-refractivity contribution in [3.05, 3.63) is 40.9 Å². The van der Waals surface area contributed by atoms with Crippen LogP contribution in [0.2, 0.25) is 5.02 Å². The second-order valence-electron chi connectivity index (χ2n) is 4.77. The lowest BCUT2D eigenvalue weighted by Crippen LogP contribution is -2.52. The number of rotatable bonds is 3. The summed E-state index contributed by atoms with van der Waals surface area (Å²) < 4.78 is 5.12. The van der Waals surface area contributed by atoms with Crippen molar-refractivity contribution in [1.29, 1.82) is 0 Å². The van der Waals surface area contributed by atoms with Gasteiger partial charge >= 0.3 is 5.97 Å². The molecule has 0 aliphatic carbocycles. The first-order valence-electron chi connectivity index (χ1n) is 6.55. The molecule has 0 spiro atoms. The molecule has 1 unspecified atom stereocenters. The van der Waals surface area contributed by atoms with Gasteiger partial charge < -0.3 is 14.7 Å². The van der Waals surface area contributed by atoms with Crippen LogP contribution in [0.5, 0.6) is 0 Å². The molecule has 1 fully saturated rings. The zero-order valence-electron chi connectivity index (χ0n) is 11.6. The van der Waals surface area contributed by atoms with E-state index in [1.807, 2.05) is 18.2 Å². The third kappa shape index (κ3) is 3.62. The summed E-state index contributed by atoms with van der Waals surface area (Å²) in [7, 11) is 0. The molecule has 1 aromatic carbocycles. The van der Waals surface area contributed by atoms with Gasteiger partial charge in [-0.25, -0.2) is 4.79 Å².